The number of carbonyl (C=O) groups excluding carboxylic acids is 1. The topological polar surface area (TPSA) is 54.0 Å². The van der Waals surface area contributed by atoms with E-state index in [0.717, 1.165) is 27.7 Å². The molecular formula is C28H32B2O5. The molecule has 0 N–H and O–H groups in total. The average molecular weight is 470 g/mol. The highest BCUT2D eigenvalue weighted by Crippen LogP contribution is 2.53. The van der Waals surface area contributed by atoms with Crippen molar-refractivity contribution in [2.45, 2.75) is 77.8 Å². The third kappa shape index (κ3) is 3.15. The molecule has 6 rings (SSSR count). The molecule has 2 aliphatic heterocycles. The smallest absolute Gasteiger partial charge is 0.399 e. The summed E-state index contributed by atoms with van der Waals surface area (Å²) in [6.07, 6.45) is 16.5. The Morgan fingerprint density at radius 1 is 0.657 bits per heavy atom. The summed E-state index contributed by atoms with van der Waals surface area (Å²) in [5.74, 6) is -0.0346. The van der Waals surface area contributed by atoms with Crippen LogP contribution in [0.25, 0.3) is 0 Å². The van der Waals surface area contributed by atoms with E-state index in [1.165, 1.54) is 0 Å². The van der Waals surface area contributed by atoms with Crippen LogP contribution < -0.4 is 0 Å². The van der Waals surface area contributed by atoms with E-state index in [1.54, 1.807) is 6.08 Å². The Labute approximate surface area is 208 Å². The molecule has 0 radical (unpaired) electrons. The lowest BCUT2D eigenvalue weighted by molar-refractivity contribution is -0.111. The summed E-state index contributed by atoms with van der Waals surface area (Å²) in [7, 11) is -1.07. The highest BCUT2D eigenvalue weighted by Gasteiger charge is 2.55. The molecule has 1 unspecified atom stereocenters. The second kappa shape index (κ2) is 6.77. The molecule has 0 aromatic rings. The molecule has 5 nitrogen and oxygen atoms in total. The summed E-state index contributed by atoms with van der Waals surface area (Å²) in [5, 5.41) is 0. The van der Waals surface area contributed by atoms with Gasteiger partial charge in [0, 0.05) is 5.57 Å². The minimum atomic E-state index is -0.577. The summed E-state index contributed by atoms with van der Waals surface area (Å²) in [4.78, 5) is 13.6. The molecule has 6 aliphatic rings. The monoisotopic (exact) mass is 470 g/mol. The first-order chi connectivity index (χ1) is 16.1. The van der Waals surface area contributed by atoms with Gasteiger partial charge in [0.25, 0.3) is 0 Å². The second-order valence-electron chi connectivity index (χ2n) is 12.4. The Balaban J connectivity index is 1.40. The summed E-state index contributed by atoms with van der Waals surface area (Å²) < 4.78 is 25.2. The van der Waals surface area contributed by atoms with E-state index < -0.39 is 42.1 Å². The molecule has 2 fully saturated rings. The summed E-state index contributed by atoms with van der Waals surface area (Å²) in [6.45, 7) is 16.3. The van der Waals surface area contributed by atoms with Crippen LogP contribution in [0.1, 0.15) is 55.4 Å². The summed E-state index contributed by atoms with van der Waals surface area (Å²) >= 11 is 0. The molecule has 180 valence electrons. The molecule has 0 amide bonds. The van der Waals surface area contributed by atoms with E-state index in [2.05, 4.69) is 58.1 Å². The van der Waals surface area contributed by atoms with Crippen LogP contribution in [0.4, 0.5) is 0 Å². The lowest BCUT2D eigenvalue weighted by Gasteiger charge is -2.34. The first-order valence-corrected chi connectivity index (χ1v) is 12.4. The number of ketones is 1. The van der Waals surface area contributed by atoms with Crippen molar-refractivity contribution in [2.75, 3.05) is 0 Å². The molecule has 0 saturated carbocycles. The van der Waals surface area contributed by atoms with Gasteiger partial charge < -0.3 is 18.6 Å². The fourth-order valence-electron chi connectivity index (χ4n) is 5.37. The van der Waals surface area contributed by atoms with Crippen LogP contribution in [0, 0.1) is 5.41 Å². The molecule has 2 heterocycles. The number of allylic oxidation sites excluding steroid dienone is 14. The van der Waals surface area contributed by atoms with Crippen molar-refractivity contribution in [3.05, 3.63) is 81.8 Å². The number of rotatable bonds is 2. The first kappa shape index (κ1) is 23.2. The van der Waals surface area contributed by atoms with Gasteiger partial charge in [-0.15, -0.1) is 0 Å². The molecule has 2 bridgehead atoms. The van der Waals surface area contributed by atoms with Gasteiger partial charge in [0.15, 0.2) is 5.78 Å². The first-order valence-electron chi connectivity index (χ1n) is 12.4. The molecule has 4 aliphatic carbocycles. The van der Waals surface area contributed by atoms with Crippen LogP contribution in [0.2, 0.25) is 0 Å². The maximum absolute atomic E-state index is 13.6. The maximum atomic E-state index is 13.6. The molecule has 35 heavy (non-hydrogen) atoms. The quantitative estimate of drug-likeness (QED) is 0.534. The van der Waals surface area contributed by atoms with E-state index in [4.69, 9.17) is 18.6 Å². The van der Waals surface area contributed by atoms with Crippen LogP contribution in [0.3, 0.4) is 0 Å². The molecule has 1 spiro atoms. The van der Waals surface area contributed by atoms with Crippen molar-refractivity contribution < 1.29 is 23.4 Å². The Kier molecular flexibility index (Phi) is 4.49. The minimum Gasteiger partial charge on any atom is -0.399 e. The molecule has 2 saturated heterocycles. The number of hydrogen-bond acceptors (Lipinski definition) is 5. The highest BCUT2D eigenvalue weighted by molar-refractivity contribution is 6.57. The van der Waals surface area contributed by atoms with Gasteiger partial charge >= 0.3 is 14.2 Å². The van der Waals surface area contributed by atoms with Crippen molar-refractivity contribution in [3.63, 3.8) is 0 Å². The Morgan fingerprint density at radius 3 is 1.74 bits per heavy atom. The van der Waals surface area contributed by atoms with E-state index in [9.17, 15) is 4.79 Å². The normalized spacial score (nSPS) is 32.9. The highest BCUT2D eigenvalue weighted by atomic mass is 16.7. The van der Waals surface area contributed by atoms with Crippen molar-refractivity contribution in [1.82, 2.24) is 0 Å². The Morgan fingerprint density at radius 2 is 1.17 bits per heavy atom. The molecule has 7 heteroatoms. The zero-order chi connectivity index (χ0) is 25.2. The van der Waals surface area contributed by atoms with Crippen LogP contribution >= 0.6 is 0 Å². The second-order valence-corrected chi connectivity index (χ2v) is 12.4. The summed E-state index contributed by atoms with van der Waals surface area (Å²) in [5.41, 5.74) is 3.11. The number of carbonyl (C=O) groups is 1. The van der Waals surface area contributed by atoms with Gasteiger partial charge in [-0.25, -0.2) is 0 Å². The number of fused-ring (bicyclic) bond motifs is 1. The maximum Gasteiger partial charge on any atom is 0.495 e. The summed E-state index contributed by atoms with van der Waals surface area (Å²) in [6, 6.07) is 0. The molecular weight excluding hydrogens is 438 g/mol. The SMILES string of the molecule is CC1(C)OB(C2=CC(=O)C3=C4C=C(B5OC(C)(C)C(C)(C)O5)C5=CC4(C=C5)C=CC3=C2)OC1(C)C. The molecule has 1 atom stereocenters. The third-order valence-electron chi connectivity index (χ3n) is 9.03. The van der Waals surface area contributed by atoms with Crippen LogP contribution in [0.15, 0.2) is 81.8 Å². The standard InChI is InChI=1S/C28H32B2O5/c1-24(2)25(3,4)33-29(32-24)19-13-17-9-11-28-12-10-18(16-28)21(15-20(28)23(17)22(31)14-19)30-34-26(5,6)27(7,8)35-30/h9-16H,1-8H3. The van der Waals surface area contributed by atoms with Gasteiger partial charge in [-0.2, -0.15) is 0 Å². The average Bonchev–Trinajstić information content (AvgIpc) is 3.27. The third-order valence-corrected chi connectivity index (χ3v) is 9.03. The predicted octanol–water partition coefficient (Wildman–Crippen LogP) is 4.97. The van der Waals surface area contributed by atoms with Crippen molar-refractivity contribution >= 4 is 20.0 Å². The number of hydrogen-bond donors (Lipinski definition) is 0. The fraction of sp³-hybridized carbons (Fsp3) is 0.464. The van der Waals surface area contributed by atoms with Gasteiger partial charge in [0.05, 0.1) is 27.8 Å². The van der Waals surface area contributed by atoms with Crippen molar-refractivity contribution in [2.24, 2.45) is 5.41 Å². The van der Waals surface area contributed by atoms with Crippen LogP contribution in [-0.2, 0) is 23.4 Å². The van der Waals surface area contributed by atoms with E-state index in [1.807, 2.05) is 39.8 Å². The lowest BCUT2D eigenvalue weighted by atomic mass is 9.63. The lowest BCUT2D eigenvalue weighted by Crippen LogP contribution is -2.41. The fourth-order valence-corrected chi connectivity index (χ4v) is 5.37. The van der Waals surface area contributed by atoms with Gasteiger partial charge in [0.1, 0.15) is 0 Å². The van der Waals surface area contributed by atoms with Gasteiger partial charge in [-0.1, -0.05) is 42.5 Å². The zero-order valence-corrected chi connectivity index (χ0v) is 21.8. The van der Waals surface area contributed by atoms with E-state index in [-0.39, 0.29) is 5.78 Å². The Bertz CT molecular complexity index is 1250. The van der Waals surface area contributed by atoms with Crippen LogP contribution in [-0.4, -0.2) is 42.4 Å². The van der Waals surface area contributed by atoms with Gasteiger partial charge in [0.2, 0.25) is 0 Å². The van der Waals surface area contributed by atoms with Gasteiger partial charge in [-0.3, -0.25) is 4.79 Å². The minimum absolute atomic E-state index is 0.0346. The molecule has 0 aromatic heterocycles. The molecule has 0 aromatic carbocycles. The van der Waals surface area contributed by atoms with Gasteiger partial charge in [-0.05, 0) is 89.1 Å². The zero-order valence-electron chi connectivity index (χ0n) is 21.8. The van der Waals surface area contributed by atoms with Crippen LogP contribution in [0.5, 0.6) is 0 Å². The van der Waals surface area contributed by atoms with Crippen molar-refractivity contribution in [1.29, 1.82) is 0 Å². The van der Waals surface area contributed by atoms with Crippen molar-refractivity contribution in [3.8, 4) is 0 Å². The van der Waals surface area contributed by atoms with E-state index >= 15 is 0 Å². The predicted molar refractivity (Wildman–Crippen MR) is 137 cm³/mol. The van der Waals surface area contributed by atoms with E-state index in [0.29, 0.717) is 5.57 Å². The largest absolute Gasteiger partial charge is 0.495 e. The Hall–Kier alpha value is -2.18.